The van der Waals surface area contributed by atoms with Gasteiger partial charge in [0.25, 0.3) is 0 Å². The molecule has 0 atom stereocenters. The molecule has 0 saturated heterocycles. The number of carbonyl (C=O) groups excluding carboxylic acids is 1. The van der Waals surface area contributed by atoms with Gasteiger partial charge in [-0.05, 0) is 29.7 Å². The summed E-state index contributed by atoms with van der Waals surface area (Å²) < 4.78 is 13.3. The lowest BCUT2D eigenvalue weighted by atomic mass is 10.3. The van der Waals surface area contributed by atoms with Crippen LogP contribution in [0, 0.1) is 5.82 Å². The lowest BCUT2D eigenvalue weighted by Gasteiger charge is -2.00. The summed E-state index contributed by atoms with van der Waals surface area (Å²) in [6.45, 7) is 0. The summed E-state index contributed by atoms with van der Waals surface area (Å²) in [7, 11) is 0. The second kappa shape index (κ2) is 6.75. The zero-order valence-corrected chi connectivity index (χ0v) is 10.9. The first kappa shape index (κ1) is 13.4. The van der Waals surface area contributed by atoms with Crippen molar-refractivity contribution < 1.29 is 9.18 Å². The lowest BCUT2D eigenvalue weighted by Crippen LogP contribution is -2.07. The van der Waals surface area contributed by atoms with Crippen molar-refractivity contribution in [3.63, 3.8) is 0 Å². The largest absolute Gasteiger partial charge is 0.322 e. The number of carbonyl (C=O) groups is 1. The van der Waals surface area contributed by atoms with Crippen LogP contribution in [0.1, 0.15) is 0 Å². The number of hydrogen-bond acceptors (Lipinski definition) is 2. The van der Waals surface area contributed by atoms with Crippen LogP contribution in [0.25, 0.3) is 0 Å². The van der Waals surface area contributed by atoms with Crippen molar-refractivity contribution in [2.24, 2.45) is 0 Å². The van der Waals surface area contributed by atoms with Gasteiger partial charge in [-0.2, -0.15) is 0 Å². The minimum atomic E-state index is -0.291. The minimum Gasteiger partial charge on any atom is -0.322 e. The highest BCUT2D eigenvalue weighted by Gasteiger charge is 1.99. The van der Waals surface area contributed by atoms with E-state index in [0.717, 1.165) is 5.69 Å². The summed E-state index contributed by atoms with van der Waals surface area (Å²) in [6.07, 6.45) is 1.38. The monoisotopic (exact) mass is 273 g/mol. The fraction of sp³-hybridized carbons (Fsp3) is 0. The van der Waals surface area contributed by atoms with Gasteiger partial charge in [-0.15, -0.1) is 0 Å². The standard InChI is InChI=1S/C15H12FNOS/c16-13-8-4-5-9-14(13)19-11-10-15(18)17-12-6-2-1-3-7-12/h1-11H,(H,17,18)/b11-10+. The Bertz CT molecular complexity index is 584. The second-order valence-corrected chi connectivity index (χ2v) is 4.65. The summed E-state index contributed by atoms with van der Waals surface area (Å²) in [5, 5.41) is 4.28. The molecular weight excluding hydrogens is 261 g/mol. The van der Waals surface area contributed by atoms with E-state index >= 15 is 0 Å². The van der Waals surface area contributed by atoms with Crippen LogP contribution in [0.5, 0.6) is 0 Å². The van der Waals surface area contributed by atoms with Crippen molar-refractivity contribution in [1.82, 2.24) is 0 Å². The number of hydrogen-bond donors (Lipinski definition) is 1. The Balaban J connectivity index is 1.89. The van der Waals surface area contributed by atoms with Crippen LogP contribution in [0.2, 0.25) is 0 Å². The zero-order valence-electron chi connectivity index (χ0n) is 10.0. The van der Waals surface area contributed by atoms with E-state index in [1.165, 1.54) is 23.9 Å². The van der Waals surface area contributed by atoms with Gasteiger partial charge in [-0.3, -0.25) is 4.79 Å². The molecule has 0 unspecified atom stereocenters. The van der Waals surface area contributed by atoms with Crippen LogP contribution in [-0.2, 0) is 4.79 Å². The first-order valence-electron chi connectivity index (χ1n) is 5.69. The Labute approximate surface area is 115 Å². The van der Waals surface area contributed by atoms with Gasteiger partial charge in [0.2, 0.25) is 5.91 Å². The molecule has 4 heteroatoms. The first-order valence-corrected chi connectivity index (χ1v) is 6.57. The van der Waals surface area contributed by atoms with Gasteiger partial charge in [-0.1, -0.05) is 42.1 Å². The minimum absolute atomic E-state index is 0.241. The van der Waals surface area contributed by atoms with E-state index in [1.807, 2.05) is 18.2 Å². The van der Waals surface area contributed by atoms with E-state index in [1.54, 1.807) is 35.7 Å². The Morgan fingerprint density at radius 1 is 1.05 bits per heavy atom. The molecule has 96 valence electrons. The van der Waals surface area contributed by atoms with Crippen molar-refractivity contribution in [2.45, 2.75) is 4.90 Å². The van der Waals surface area contributed by atoms with Crippen molar-refractivity contribution in [2.75, 3.05) is 5.32 Å². The maximum atomic E-state index is 13.3. The molecule has 0 fully saturated rings. The maximum absolute atomic E-state index is 13.3. The van der Waals surface area contributed by atoms with Gasteiger partial charge in [0.15, 0.2) is 0 Å². The molecule has 0 aliphatic heterocycles. The lowest BCUT2D eigenvalue weighted by molar-refractivity contribution is -0.111. The van der Waals surface area contributed by atoms with Crippen molar-refractivity contribution in [3.8, 4) is 0 Å². The van der Waals surface area contributed by atoms with Gasteiger partial charge in [0.1, 0.15) is 5.82 Å². The van der Waals surface area contributed by atoms with Crippen LogP contribution >= 0.6 is 11.8 Å². The third-order valence-electron chi connectivity index (χ3n) is 2.29. The Kier molecular flexibility index (Phi) is 4.75. The summed E-state index contributed by atoms with van der Waals surface area (Å²) in [5.74, 6) is -0.532. The number of thioether (sulfide) groups is 1. The highest BCUT2D eigenvalue weighted by atomic mass is 32.2. The molecular formula is C15H12FNOS. The van der Waals surface area contributed by atoms with Crippen molar-refractivity contribution in [1.29, 1.82) is 0 Å². The molecule has 1 amide bonds. The predicted octanol–water partition coefficient (Wildman–Crippen LogP) is 4.07. The molecule has 0 bridgehead atoms. The highest BCUT2D eigenvalue weighted by molar-refractivity contribution is 8.02. The quantitative estimate of drug-likeness (QED) is 0.672. The topological polar surface area (TPSA) is 29.1 Å². The summed E-state index contributed by atoms with van der Waals surface area (Å²) in [5.41, 5.74) is 0.730. The summed E-state index contributed by atoms with van der Waals surface area (Å²) in [4.78, 5) is 12.1. The first-order chi connectivity index (χ1) is 9.25. The fourth-order valence-electron chi connectivity index (χ4n) is 1.41. The van der Waals surface area contributed by atoms with E-state index < -0.39 is 0 Å². The summed E-state index contributed by atoms with van der Waals surface area (Å²) in [6, 6.07) is 15.6. The Morgan fingerprint density at radius 3 is 2.47 bits per heavy atom. The third-order valence-corrected chi connectivity index (χ3v) is 3.15. The third kappa shape index (κ3) is 4.26. The number of amides is 1. The highest BCUT2D eigenvalue weighted by Crippen LogP contribution is 2.21. The molecule has 0 aromatic heterocycles. The van der Waals surface area contributed by atoms with Gasteiger partial charge in [0, 0.05) is 16.7 Å². The number of rotatable bonds is 4. The van der Waals surface area contributed by atoms with Gasteiger partial charge < -0.3 is 5.32 Å². The molecule has 19 heavy (non-hydrogen) atoms. The molecule has 0 heterocycles. The Morgan fingerprint density at radius 2 is 1.74 bits per heavy atom. The molecule has 0 spiro atoms. The smallest absolute Gasteiger partial charge is 0.248 e. The average molecular weight is 273 g/mol. The number of halogens is 1. The molecule has 2 aromatic carbocycles. The number of benzene rings is 2. The van der Waals surface area contributed by atoms with Gasteiger partial charge in [-0.25, -0.2) is 4.39 Å². The fourth-order valence-corrected chi connectivity index (χ4v) is 2.09. The van der Waals surface area contributed by atoms with Crippen LogP contribution in [0.4, 0.5) is 10.1 Å². The van der Waals surface area contributed by atoms with Crippen LogP contribution < -0.4 is 5.32 Å². The molecule has 0 saturated carbocycles. The van der Waals surface area contributed by atoms with Crippen molar-refractivity contribution in [3.05, 3.63) is 71.9 Å². The normalized spacial score (nSPS) is 10.6. The average Bonchev–Trinajstić information content (AvgIpc) is 2.42. The molecule has 0 aliphatic rings. The van der Waals surface area contributed by atoms with Crippen LogP contribution in [0.15, 0.2) is 71.0 Å². The van der Waals surface area contributed by atoms with Gasteiger partial charge >= 0.3 is 0 Å². The zero-order chi connectivity index (χ0) is 13.5. The van der Waals surface area contributed by atoms with E-state index in [-0.39, 0.29) is 11.7 Å². The second-order valence-electron chi connectivity index (χ2n) is 3.71. The molecule has 2 rings (SSSR count). The van der Waals surface area contributed by atoms with Crippen LogP contribution in [0.3, 0.4) is 0 Å². The predicted molar refractivity (Wildman–Crippen MR) is 76.5 cm³/mol. The summed E-state index contributed by atoms with van der Waals surface area (Å²) >= 11 is 1.17. The molecule has 1 N–H and O–H groups in total. The molecule has 0 radical (unpaired) electrons. The van der Waals surface area contributed by atoms with Crippen molar-refractivity contribution >= 4 is 23.4 Å². The number of nitrogens with one attached hydrogen (secondary N) is 1. The van der Waals surface area contributed by atoms with E-state index in [0.29, 0.717) is 4.90 Å². The Hall–Kier alpha value is -2.07. The van der Waals surface area contributed by atoms with E-state index in [9.17, 15) is 9.18 Å². The molecule has 2 nitrogen and oxygen atoms in total. The van der Waals surface area contributed by atoms with Crippen LogP contribution in [-0.4, -0.2) is 5.91 Å². The maximum Gasteiger partial charge on any atom is 0.248 e. The van der Waals surface area contributed by atoms with E-state index in [2.05, 4.69) is 5.32 Å². The number of anilines is 1. The molecule has 0 aliphatic carbocycles. The molecule has 2 aromatic rings. The SMILES string of the molecule is O=C(/C=C/Sc1ccccc1F)Nc1ccccc1. The number of para-hydroxylation sites is 1. The van der Waals surface area contributed by atoms with Gasteiger partial charge in [0.05, 0.1) is 0 Å². The van der Waals surface area contributed by atoms with E-state index in [4.69, 9.17) is 0 Å².